The number of anilines is 1. The van der Waals surface area contributed by atoms with Crippen molar-refractivity contribution in [2.24, 2.45) is 0 Å². The number of pyridine rings is 1. The lowest BCUT2D eigenvalue weighted by Gasteiger charge is -2.10. The molecule has 0 fully saturated rings. The third-order valence-corrected chi connectivity index (χ3v) is 3.86. The number of halogens is 1. The number of hydrogen-bond acceptors (Lipinski definition) is 4. The van der Waals surface area contributed by atoms with Crippen LogP contribution in [0.15, 0.2) is 46.8 Å². The molecule has 0 radical (unpaired) electrons. The minimum absolute atomic E-state index is 0.0952. The van der Waals surface area contributed by atoms with Crippen molar-refractivity contribution >= 4 is 44.9 Å². The Morgan fingerprint density at radius 3 is 3.00 bits per heavy atom. The molecule has 7 heteroatoms. The maximum absolute atomic E-state index is 12.0. The number of aromatic nitrogens is 2. The van der Waals surface area contributed by atoms with Crippen molar-refractivity contribution in [2.45, 2.75) is 6.54 Å². The lowest BCUT2D eigenvalue weighted by molar-refractivity contribution is -0.116. The van der Waals surface area contributed by atoms with Crippen LogP contribution < -0.4 is 10.7 Å². The maximum atomic E-state index is 12.0. The van der Waals surface area contributed by atoms with E-state index in [1.54, 1.807) is 40.5 Å². The molecule has 0 aliphatic heterocycles. The van der Waals surface area contributed by atoms with Gasteiger partial charge in [0.25, 0.3) is 0 Å². The smallest absolute Gasteiger partial charge is 0.246 e. The second-order valence-corrected chi connectivity index (χ2v) is 5.69. The zero-order chi connectivity index (χ0) is 14.8. The molecule has 2 heterocycles. The minimum atomic E-state index is -0.204. The van der Waals surface area contributed by atoms with Crippen LogP contribution in [-0.2, 0) is 11.3 Å². The molecule has 5 nitrogen and oxygen atoms in total. The van der Waals surface area contributed by atoms with Gasteiger partial charge in [0.15, 0.2) is 10.6 Å². The molecule has 1 amide bonds. The lowest BCUT2D eigenvalue weighted by atomic mass is 10.2. The number of thiazole rings is 1. The Morgan fingerprint density at radius 1 is 1.38 bits per heavy atom. The predicted octanol–water partition coefficient (Wildman–Crippen LogP) is 2.75. The first kappa shape index (κ1) is 13.8. The Balaban J connectivity index is 1.92. The third kappa shape index (κ3) is 2.96. The quantitative estimate of drug-likeness (QED) is 0.807. The monoisotopic (exact) mass is 319 g/mol. The summed E-state index contributed by atoms with van der Waals surface area (Å²) in [5.74, 6) is -0.204. The van der Waals surface area contributed by atoms with Crippen LogP contribution in [0.3, 0.4) is 0 Å². The van der Waals surface area contributed by atoms with Crippen molar-refractivity contribution in [1.82, 2.24) is 9.55 Å². The highest BCUT2D eigenvalue weighted by atomic mass is 35.5. The zero-order valence-corrected chi connectivity index (χ0v) is 12.3. The number of carbonyl (C=O) groups excluding carboxylic acids is 1. The summed E-state index contributed by atoms with van der Waals surface area (Å²) in [6.45, 7) is 0.0952. The number of hydrogen-bond donors (Lipinski definition) is 1. The molecule has 3 aromatic rings. The van der Waals surface area contributed by atoms with Crippen molar-refractivity contribution in [3.63, 3.8) is 0 Å². The van der Waals surface area contributed by atoms with E-state index >= 15 is 0 Å². The molecule has 2 aromatic heterocycles. The Hall–Kier alpha value is -2.18. The molecule has 0 bridgehead atoms. The number of benzene rings is 1. The van der Waals surface area contributed by atoms with Crippen LogP contribution in [0.4, 0.5) is 5.13 Å². The van der Waals surface area contributed by atoms with Gasteiger partial charge in [0, 0.05) is 34.2 Å². The van der Waals surface area contributed by atoms with E-state index in [0.29, 0.717) is 21.1 Å². The molecule has 1 N–H and O–H groups in total. The second-order valence-electron chi connectivity index (χ2n) is 4.35. The Bertz CT molecular complexity index is 858. The van der Waals surface area contributed by atoms with E-state index in [4.69, 9.17) is 11.6 Å². The highest BCUT2D eigenvalue weighted by molar-refractivity contribution is 7.13. The van der Waals surface area contributed by atoms with E-state index in [0.717, 1.165) is 0 Å². The molecule has 0 saturated carbocycles. The largest absolute Gasteiger partial charge is 0.338 e. The van der Waals surface area contributed by atoms with Gasteiger partial charge >= 0.3 is 0 Å². The summed E-state index contributed by atoms with van der Waals surface area (Å²) < 4.78 is 1.70. The normalized spacial score (nSPS) is 10.7. The van der Waals surface area contributed by atoms with E-state index in [9.17, 15) is 9.59 Å². The van der Waals surface area contributed by atoms with Crippen LogP contribution in [0.1, 0.15) is 0 Å². The summed E-state index contributed by atoms with van der Waals surface area (Å²) in [6, 6.07) is 6.46. The molecule has 3 rings (SSSR count). The summed E-state index contributed by atoms with van der Waals surface area (Å²) in [6.07, 6.45) is 3.22. The topological polar surface area (TPSA) is 64.0 Å². The number of fused-ring (bicyclic) bond motifs is 1. The van der Waals surface area contributed by atoms with Gasteiger partial charge in [-0.15, -0.1) is 11.3 Å². The lowest BCUT2D eigenvalue weighted by Crippen LogP contribution is -2.20. The van der Waals surface area contributed by atoms with E-state index in [1.807, 2.05) is 0 Å². The summed E-state index contributed by atoms with van der Waals surface area (Å²) in [5.41, 5.74) is 0.547. The number of rotatable bonds is 3. The Labute approximate surface area is 128 Å². The van der Waals surface area contributed by atoms with Gasteiger partial charge in [0.2, 0.25) is 5.91 Å². The van der Waals surface area contributed by atoms with Gasteiger partial charge in [-0.1, -0.05) is 11.6 Å². The van der Waals surface area contributed by atoms with Gasteiger partial charge < -0.3 is 9.88 Å². The first-order valence-corrected chi connectivity index (χ1v) is 7.37. The van der Waals surface area contributed by atoms with Crippen LogP contribution in [0.5, 0.6) is 0 Å². The average Bonchev–Trinajstić information content (AvgIpc) is 2.95. The fraction of sp³-hybridized carbons (Fsp3) is 0.0714. The van der Waals surface area contributed by atoms with Crippen molar-refractivity contribution in [1.29, 1.82) is 0 Å². The number of carbonyl (C=O) groups is 1. The molecule has 0 saturated heterocycles. The van der Waals surface area contributed by atoms with Gasteiger partial charge in [0.1, 0.15) is 6.54 Å². The molecular weight excluding hydrogens is 310 g/mol. The van der Waals surface area contributed by atoms with Gasteiger partial charge in [-0.3, -0.25) is 9.59 Å². The SMILES string of the molecule is O=C(Cn1ccc(=O)c2cc(Cl)ccc21)Nc1nccs1. The van der Waals surface area contributed by atoms with Crippen LogP contribution in [0.2, 0.25) is 5.02 Å². The number of amides is 1. The third-order valence-electron chi connectivity index (χ3n) is 2.93. The molecule has 21 heavy (non-hydrogen) atoms. The fourth-order valence-corrected chi connectivity index (χ4v) is 2.74. The summed E-state index contributed by atoms with van der Waals surface area (Å²) in [4.78, 5) is 27.8. The minimum Gasteiger partial charge on any atom is -0.338 e. The van der Waals surface area contributed by atoms with Crippen LogP contribution >= 0.6 is 22.9 Å². The van der Waals surface area contributed by atoms with Crippen LogP contribution in [-0.4, -0.2) is 15.5 Å². The van der Waals surface area contributed by atoms with E-state index in [1.165, 1.54) is 17.4 Å². The van der Waals surface area contributed by atoms with E-state index < -0.39 is 0 Å². The summed E-state index contributed by atoms with van der Waals surface area (Å²) >= 11 is 7.26. The van der Waals surface area contributed by atoms with Gasteiger partial charge in [-0.05, 0) is 18.2 Å². The molecule has 1 aromatic carbocycles. The molecular formula is C14H10ClN3O2S. The van der Waals surface area contributed by atoms with Gasteiger partial charge in [-0.25, -0.2) is 4.98 Å². The average molecular weight is 320 g/mol. The van der Waals surface area contributed by atoms with Gasteiger partial charge in [-0.2, -0.15) is 0 Å². The molecule has 106 valence electrons. The van der Waals surface area contributed by atoms with Crippen molar-refractivity contribution < 1.29 is 4.79 Å². The molecule has 0 aliphatic rings. The maximum Gasteiger partial charge on any atom is 0.246 e. The van der Waals surface area contributed by atoms with E-state index in [-0.39, 0.29) is 17.9 Å². The van der Waals surface area contributed by atoms with E-state index in [2.05, 4.69) is 10.3 Å². The molecule has 0 spiro atoms. The Kier molecular flexibility index (Phi) is 3.72. The van der Waals surface area contributed by atoms with Crippen molar-refractivity contribution in [3.05, 3.63) is 57.3 Å². The highest BCUT2D eigenvalue weighted by Gasteiger charge is 2.08. The number of nitrogens with zero attached hydrogens (tertiary/aromatic N) is 2. The molecule has 0 aliphatic carbocycles. The van der Waals surface area contributed by atoms with Crippen molar-refractivity contribution in [2.75, 3.05) is 5.32 Å². The van der Waals surface area contributed by atoms with Crippen LogP contribution in [0.25, 0.3) is 10.9 Å². The fourth-order valence-electron chi connectivity index (χ4n) is 2.02. The highest BCUT2D eigenvalue weighted by Crippen LogP contribution is 2.17. The summed E-state index contributed by atoms with van der Waals surface area (Å²) in [7, 11) is 0. The van der Waals surface area contributed by atoms with Crippen LogP contribution in [0, 0.1) is 0 Å². The first-order valence-electron chi connectivity index (χ1n) is 6.11. The summed E-state index contributed by atoms with van der Waals surface area (Å²) in [5, 5.41) is 6.02. The second kappa shape index (κ2) is 5.67. The Morgan fingerprint density at radius 2 is 2.24 bits per heavy atom. The number of nitrogens with one attached hydrogen (secondary N) is 1. The zero-order valence-electron chi connectivity index (χ0n) is 10.7. The molecule has 0 atom stereocenters. The first-order chi connectivity index (χ1) is 10.1. The van der Waals surface area contributed by atoms with Gasteiger partial charge in [0.05, 0.1) is 5.52 Å². The standard InChI is InChI=1S/C14H10ClN3O2S/c15-9-1-2-11-10(7-9)12(19)3-5-18(11)8-13(20)17-14-16-4-6-21-14/h1-7H,8H2,(H,16,17,20). The predicted molar refractivity (Wildman–Crippen MR) is 84.0 cm³/mol. The van der Waals surface area contributed by atoms with Crippen molar-refractivity contribution in [3.8, 4) is 0 Å². The molecule has 0 unspecified atom stereocenters.